The van der Waals surface area contributed by atoms with Crippen LogP contribution in [0.1, 0.15) is 29.4 Å². The van der Waals surface area contributed by atoms with Gasteiger partial charge in [0.15, 0.2) is 5.82 Å². The number of rotatable bonds is 3. The fourth-order valence-electron chi connectivity index (χ4n) is 2.11. The topological polar surface area (TPSA) is 50.9 Å². The number of nitrogens with zero attached hydrogens (tertiary/aromatic N) is 3. The highest BCUT2D eigenvalue weighted by Crippen LogP contribution is 2.21. The van der Waals surface area contributed by atoms with E-state index in [9.17, 15) is 5.11 Å². The maximum absolute atomic E-state index is 9.22. The van der Waals surface area contributed by atoms with Gasteiger partial charge in [-0.1, -0.05) is 18.5 Å². The van der Waals surface area contributed by atoms with Gasteiger partial charge in [-0.25, -0.2) is 9.67 Å². The third-order valence-electron chi connectivity index (χ3n) is 3.10. The fraction of sp³-hybridized carbons (Fsp3) is 0.385. The lowest BCUT2D eigenvalue weighted by Gasteiger charge is -2.06. The van der Waals surface area contributed by atoms with Gasteiger partial charge in [-0.2, -0.15) is 5.10 Å². The molecule has 2 rings (SSSR count). The van der Waals surface area contributed by atoms with Crippen molar-refractivity contribution in [2.24, 2.45) is 0 Å². The van der Waals surface area contributed by atoms with E-state index < -0.39 is 0 Å². The van der Waals surface area contributed by atoms with Crippen LogP contribution in [0.4, 0.5) is 0 Å². The molecule has 0 spiro atoms. The zero-order valence-corrected chi connectivity index (χ0v) is 11.5. The summed E-state index contributed by atoms with van der Waals surface area (Å²) in [5.41, 5.74) is 3.98. The van der Waals surface area contributed by atoms with E-state index in [1.54, 1.807) is 16.9 Å². The molecule has 18 heavy (non-hydrogen) atoms. The molecule has 1 N–H and O–H groups in total. The van der Waals surface area contributed by atoms with Gasteiger partial charge in [0, 0.05) is 17.5 Å². The van der Waals surface area contributed by atoms with Crippen LogP contribution in [0, 0.1) is 13.8 Å². The molecular weight excluding hydrogens is 250 g/mol. The zero-order valence-electron chi connectivity index (χ0n) is 10.7. The molecule has 0 atom stereocenters. The van der Waals surface area contributed by atoms with E-state index in [-0.39, 0.29) is 6.61 Å². The van der Waals surface area contributed by atoms with E-state index in [0.717, 1.165) is 17.8 Å². The van der Waals surface area contributed by atoms with Gasteiger partial charge in [0.1, 0.15) is 0 Å². The van der Waals surface area contributed by atoms with Gasteiger partial charge in [0.2, 0.25) is 0 Å². The van der Waals surface area contributed by atoms with E-state index in [2.05, 4.69) is 17.0 Å². The van der Waals surface area contributed by atoms with E-state index in [1.165, 1.54) is 5.56 Å². The van der Waals surface area contributed by atoms with Crippen LogP contribution in [-0.4, -0.2) is 19.9 Å². The lowest BCUT2D eigenvalue weighted by atomic mass is 10.1. The molecule has 5 heteroatoms. The highest BCUT2D eigenvalue weighted by atomic mass is 35.5. The maximum atomic E-state index is 9.22. The van der Waals surface area contributed by atoms with E-state index in [1.807, 2.05) is 13.8 Å². The Balaban J connectivity index is 2.55. The van der Waals surface area contributed by atoms with Gasteiger partial charge in [0.25, 0.3) is 0 Å². The van der Waals surface area contributed by atoms with Crippen molar-refractivity contribution in [1.82, 2.24) is 14.8 Å². The minimum Gasteiger partial charge on any atom is -0.392 e. The highest BCUT2D eigenvalue weighted by Gasteiger charge is 2.13. The Morgan fingerprint density at radius 2 is 2.11 bits per heavy atom. The van der Waals surface area contributed by atoms with Gasteiger partial charge >= 0.3 is 0 Å². The molecule has 0 aliphatic rings. The molecule has 96 valence electrons. The summed E-state index contributed by atoms with van der Waals surface area (Å²) in [6, 6.07) is 1.77. The lowest BCUT2D eigenvalue weighted by molar-refractivity contribution is 0.281. The van der Waals surface area contributed by atoms with Gasteiger partial charge in [0.05, 0.1) is 17.3 Å². The first kappa shape index (κ1) is 13.1. The Morgan fingerprint density at radius 3 is 2.67 bits per heavy atom. The first-order chi connectivity index (χ1) is 8.58. The van der Waals surface area contributed by atoms with Crippen LogP contribution in [0.25, 0.3) is 5.82 Å². The summed E-state index contributed by atoms with van der Waals surface area (Å²) in [6.07, 6.45) is 2.49. The number of halogens is 1. The highest BCUT2D eigenvalue weighted by molar-refractivity contribution is 6.31. The number of hydrogen-bond donors (Lipinski definition) is 1. The molecule has 0 unspecified atom stereocenters. The van der Waals surface area contributed by atoms with Gasteiger partial charge in [-0.3, -0.25) is 0 Å². The number of pyridine rings is 1. The third-order valence-corrected chi connectivity index (χ3v) is 3.44. The molecule has 0 saturated carbocycles. The second-order valence-corrected chi connectivity index (χ2v) is 4.61. The predicted octanol–water partition coefficient (Wildman–Crippen LogP) is 2.59. The molecule has 0 aromatic carbocycles. The molecule has 0 fully saturated rings. The van der Waals surface area contributed by atoms with Crippen LogP contribution in [0.3, 0.4) is 0 Å². The summed E-state index contributed by atoms with van der Waals surface area (Å²) in [7, 11) is 0. The molecule has 2 aromatic heterocycles. The van der Waals surface area contributed by atoms with E-state index in [0.29, 0.717) is 16.4 Å². The van der Waals surface area contributed by atoms with Crippen molar-refractivity contribution in [2.45, 2.75) is 33.8 Å². The second-order valence-electron chi connectivity index (χ2n) is 4.21. The Hall–Kier alpha value is -1.39. The molecule has 0 amide bonds. The average molecular weight is 266 g/mol. The standard InChI is InChI=1S/C13H16ClN3O/c1-4-11-8(2)16-17(9(11)3)13-5-10(7-18)12(14)6-15-13/h5-6,18H,4,7H2,1-3H3. The summed E-state index contributed by atoms with van der Waals surface area (Å²) in [5, 5.41) is 14.2. The molecular formula is C13H16ClN3O. The normalized spacial score (nSPS) is 10.9. The van der Waals surface area contributed by atoms with Crippen molar-refractivity contribution in [2.75, 3.05) is 0 Å². The van der Waals surface area contributed by atoms with Crippen molar-refractivity contribution < 1.29 is 5.11 Å². The van der Waals surface area contributed by atoms with Crippen LogP contribution < -0.4 is 0 Å². The van der Waals surface area contributed by atoms with Crippen molar-refractivity contribution >= 4 is 11.6 Å². The quantitative estimate of drug-likeness (QED) is 0.928. The lowest BCUT2D eigenvalue weighted by Crippen LogP contribution is -2.03. The Labute approximate surface area is 111 Å². The Morgan fingerprint density at radius 1 is 1.39 bits per heavy atom. The number of aliphatic hydroxyl groups excluding tert-OH is 1. The molecule has 2 aromatic rings. The Kier molecular flexibility index (Phi) is 3.68. The number of aryl methyl sites for hydroxylation is 1. The fourth-order valence-corrected chi connectivity index (χ4v) is 2.28. The maximum Gasteiger partial charge on any atom is 0.154 e. The minimum atomic E-state index is -0.103. The van der Waals surface area contributed by atoms with Crippen LogP contribution >= 0.6 is 11.6 Å². The van der Waals surface area contributed by atoms with E-state index in [4.69, 9.17) is 11.6 Å². The second kappa shape index (κ2) is 5.08. The zero-order chi connectivity index (χ0) is 13.3. The molecule has 4 nitrogen and oxygen atoms in total. The van der Waals surface area contributed by atoms with Crippen molar-refractivity contribution in [3.8, 4) is 5.82 Å². The predicted molar refractivity (Wildman–Crippen MR) is 71.1 cm³/mol. The van der Waals surface area contributed by atoms with Crippen LogP contribution in [0.15, 0.2) is 12.3 Å². The van der Waals surface area contributed by atoms with Crippen LogP contribution in [0.2, 0.25) is 5.02 Å². The Bertz CT molecular complexity index is 578. The summed E-state index contributed by atoms with van der Waals surface area (Å²) < 4.78 is 1.80. The third kappa shape index (κ3) is 2.13. The van der Waals surface area contributed by atoms with Crippen LogP contribution in [0.5, 0.6) is 0 Å². The summed E-state index contributed by atoms with van der Waals surface area (Å²) in [4.78, 5) is 4.26. The SMILES string of the molecule is CCc1c(C)nn(-c2cc(CO)c(Cl)cn2)c1C. The van der Waals surface area contributed by atoms with Gasteiger partial charge in [-0.15, -0.1) is 0 Å². The van der Waals surface area contributed by atoms with Crippen molar-refractivity contribution in [1.29, 1.82) is 0 Å². The molecule has 2 heterocycles. The number of hydrogen-bond acceptors (Lipinski definition) is 3. The molecule has 0 aliphatic heterocycles. The molecule has 0 radical (unpaired) electrons. The first-order valence-electron chi connectivity index (χ1n) is 5.89. The van der Waals surface area contributed by atoms with Crippen molar-refractivity contribution in [3.63, 3.8) is 0 Å². The average Bonchev–Trinajstić information content (AvgIpc) is 2.65. The van der Waals surface area contributed by atoms with Crippen LogP contribution in [-0.2, 0) is 13.0 Å². The summed E-state index contributed by atoms with van der Waals surface area (Å²) >= 11 is 5.94. The van der Waals surface area contributed by atoms with Crippen molar-refractivity contribution in [3.05, 3.63) is 39.8 Å². The van der Waals surface area contributed by atoms with E-state index >= 15 is 0 Å². The largest absolute Gasteiger partial charge is 0.392 e. The summed E-state index contributed by atoms with van der Waals surface area (Å²) in [6.45, 7) is 6.02. The monoisotopic (exact) mass is 265 g/mol. The molecule has 0 saturated heterocycles. The smallest absolute Gasteiger partial charge is 0.154 e. The van der Waals surface area contributed by atoms with Gasteiger partial charge < -0.3 is 5.11 Å². The molecule has 0 aliphatic carbocycles. The number of aliphatic hydroxyl groups is 1. The summed E-state index contributed by atoms with van der Waals surface area (Å²) in [5.74, 6) is 0.684. The number of aromatic nitrogens is 3. The van der Waals surface area contributed by atoms with Gasteiger partial charge in [-0.05, 0) is 31.9 Å². The molecule has 0 bridgehead atoms. The first-order valence-corrected chi connectivity index (χ1v) is 6.27. The minimum absolute atomic E-state index is 0.103.